The minimum Gasteiger partial charge on any atom is -0.398 e. The molecule has 2 aromatic rings. The highest BCUT2D eigenvalue weighted by atomic mass is 79.9. The zero-order valence-corrected chi connectivity index (χ0v) is 14.0. The van der Waals surface area contributed by atoms with E-state index in [0.717, 1.165) is 18.3 Å². The van der Waals surface area contributed by atoms with E-state index in [4.69, 9.17) is 5.73 Å². The number of hydrogen-bond acceptors (Lipinski definition) is 2. The van der Waals surface area contributed by atoms with Crippen LogP contribution >= 0.6 is 15.9 Å². The molecular formula is C14H12BrF6N3. The van der Waals surface area contributed by atoms with Crippen molar-refractivity contribution in [2.24, 2.45) is 0 Å². The summed E-state index contributed by atoms with van der Waals surface area (Å²) in [6.07, 6.45) is -9.87. The van der Waals surface area contributed by atoms with Crippen LogP contribution in [-0.4, -0.2) is 22.1 Å². The van der Waals surface area contributed by atoms with Crippen molar-refractivity contribution in [3.05, 3.63) is 45.7 Å². The van der Waals surface area contributed by atoms with Crippen LogP contribution in [0, 0.1) is 13.8 Å². The van der Waals surface area contributed by atoms with Gasteiger partial charge in [-0.05, 0) is 46.5 Å². The summed E-state index contributed by atoms with van der Waals surface area (Å²) < 4.78 is 82.6. The Morgan fingerprint density at radius 2 is 1.46 bits per heavy atom. The lowest BCUT2D eigenvalue weighted by Crippen LogP contribution is -2.59. The van der Waals surface area contributed by atoms with Crippen LogP contribution in [0.5, 0.6) is 0 Å². The summed E-state index contributed by atoms with van der Waals surface area (Å²) >= 11 is 2.83. The molecule has 132 valence electrons. The third kappa shape index (κ3) is 2.66. The molecule has 0 spiro atoms. The molecule has 0 atom stereocenters. The van der Waals surface area contributed by atoms with Crippen LogP contribution in [0.25, 0.3) is 0 Å². The van der Waals surface area contributed by atoms with Gasteiger partial charge in [0, 0.05) is 11.9 Å². The summed E-state index contributed by atoms with van der Waals surface area (Å²) in [5, 5.41) is 3.28. The van der Waals surface area contributed by atoms with Crippen molar-refractivity contribution >= 4 is 21.6 Å². The number of hydrogen-bond donors (Lipinski definition) is 1. The van der Waals surface area contributed by atoms with E-state index in [0.29, 0.717) is 6.20 Å². The van der Waals surface area contributed by atoms with Crippen molar-refractivity contribution < 1.29 is 26.3 Å². The largest absolute Gasteiger partial charge is 0.426 e. The molecule has 0 bridgehead atoms. The van der Waals surface area contributed by atoms with Crippen molar-refractivity contribution in [1.82, 2.24) is 9.78 Å². The number of nitrogens with two attached hydrogens (primary N) is 1. The van der Waals surface area contributed by atoms with E-state index in [2.05, 4.69) is 21.0 Å². The normalized spacial score (nSPS) is 13.4. The number of aryl methyl sites for hydroxylation is 2. The number of anilines is 1. The van der Waals surface area contributed by atoms with Gasteiger partial charge in [0.15, 0.2) is 0 Å². The average Bonchev–Trinajstić information content (AvgIpc) is 2.79. The van der Waals surface area contributed by atoms with Crippen LogP contribution in [0.4, 0.5) is 32.0 Å². The van der Waals surface area contributed by atoms with Gasteiger partial charge in [-0.3, -0.25) is 0 Å². The number of aromatic nitrogens is 2. The monoisotopic (exact) mass is 415 g/mol. The van der Waals surface area contributed by atoms with Gasteiger partial charge in [-0.25, -0.2) is 4.68 Å². The summed E-state index contributed by atoms with van der Waals surface area (Å²) in [6.45, 7) is 2.70. The lowest BCUT2D eigenvalue weighted by atomic mass is 9.85. The SMILES string of the molecule is Cc1cc(C(n2cc(Br)cn2)(C(F)(F)F)C(F)(F)F)cc(C)c1N. The van der Waals surface area contributed by atoms with Crippen molar-refractivity contribution in [2.75, 3.05) is 5.73 Å². The molecule has 0 amide bonds. The van der Waals surface area contributed by atoms with Crippen molar-refractivity contribution in [3.63, 3.8) is 0 Å². The smallest absolute Gasteiger partial charge is 0.398 e. The van der Waals surface area contributed by atoms with Gasteiger partial charge in [0.25, 0.3) is 5.54 Å². The first-order valence-corrected chi connectivity index (χ1v) is 7.33. The Labute approximate surface area is 141 Å². The first kappa shape index (κ1) is 18.6. The Morgan fingerprint density at radius 1 is 1.00 bits per heavy atom. The van der Waals surface area contributed by atoms with Gasteiger partial charge in [-0.15, -0.1) is 0 Å². The van der Waals surface area contributed by atoms with E-state index in [9.17, 15) is 26.3 Å². The molecule has 3 nitrogen and oxygen atoms in total. The maximum Gasteiger partial charge on any atom is 0.426 e. The zero-order valence-electron chi connectivity index (χ0n) is 12.4. The number of nitrogen functional groups attached to an aromatic ring is 1. The second-order valence-electron chi connectivity index (χ2n) is 5.33. The lowest BCUT2D eigenvalue weighted by Gasteiger charge is -2.38. The molecule has 10 heteroatoms. The van der Waals surface area contributed by atoms with E-state index in [-0.39, 0.29) is 26.0 Å². The summed E-state index contributed by atoms with van der Waals surface area (Å²) in [6, 6.07) is 1.58. The molecule has 0 fully saturated rings. The van der Waals surface area contributed by atoms with Gasteiger partial charge in [0.2, 0.25) is 0 Å². The van der Waals surface area contributed by atoms with Gasteiger partial charge in [-0.2, -0.15) is 31.4 Å². The summed E-state index contributed by atoms with van der Waals surface area (Å²) in [7, 11) is 0. The molecule has 0 saturated carbocycles. The highest BCUT2D eigenvalue weighted by Gasteiger charge is 2.74. The molecule has 24 heavy (non-hydrogen) atoms. The molecule has 2 rings (SSSR count). The minimum absolute atomic E-state index is 0.00994. The number of alkyl halides is 6. The highest BCUT2D eigenvalue weighted by molar-refractivity contribution is 9.10. The molecule has 0 radical (unpaired) electrons. The van der Waals surface area contributed by atoms with Crippen molar-refractivity contribution in [1.29, 1.82) is 0 Å². The maximum absolute atomic E-state index is 13.8. The Balaban J connectivity index is 2.96. The van der Waals surface area contributed by atoms with E-state index >= 15 is 0 Å². The molecule has 2 N–H and O–H groups in total. The fourth-order valence-electron chi connectivity index (χ4n) is 2.55. The third-order valence-corrected chi connectivity index (χ3v) is 4.14. The second kappa shape index (κ2) is 5.68. The second-order valence-corrected chi connectivity index (χ2v) is 6.25. The summed E-state index contributed by atoms with van der Waals surface area (Å²) in [5.41, 5.74) is 0.717. The minimum atomic E-state index is -5.69. The van der Waals surface area contributed by atoms with Crippen LogP contribution in [0.3, 0.4) is 0 Å². The zero-order chi connectivity index (χ0) is 18.5. The summed E-state index contributed by atoms with van der Waals surface area (Å²) in [5.74, 6) is 0. The molecule has 0 aliphatic heterocycles. The van der Waals surface area contributed by atoms with E-state index in [1.807, 2.05) is 0 Å². The number of nitrogens with zero attached hydrogens (tertiary/aromatic N) is 2. The van der Waals surface area contributed by atoms with Crippen LogP contribution in [-0.2, 0) is 5.54 Å². The van der Waals surface area contributed by atoms with Gasteiger partial charge in [0.05, 0.1) is 10.7 Å². The number of halogens is 7. The molecule has 0 aliphatic rings. The van der Waals surface area contributed by atoms with Gasteiger partial charge < -0.3 is 5.73 Å². The molecular weight excluding hydrogens is 404 g/mol. The average molecular weight is 416 g/mol. The van der Waals surface area contributed by atoms with Crippen LogP contribution in [0.15, 0.2) is 29.0 Å². The van der Waals surface area contributed by atoms with Gasteiger partial charge in [0.1, 0.15) is 0 Å². The predicted molar refractivity (Wildman–Crippen MR) is 79.4 cm³/mol. The van der Waals surface area contributed by atoms with Crippen LogP contribution < -0.4 is 5.73 Å². The third-order valence-electron chi connectivity index (χ3n) is 3.73. The fourth-order valence-corrected chi connectivity index (χ4v) is 2.83. The molecule has 1 aromatic carbocycles. The van der Waals surface area contributed by atoms with Gasteiger partial charge >= 0.3 is 12.4 Å². The highest BCUT2D eigenvalue weighted by Crippen LogP contribution is 2.53. The first-order chi connectivity index (χ1) is 10.8. The molecule has 1 heterocycles. The Bertz CT molecular complexity index is 726. The van der Waals surface area contributed by atoms with Crippen molar-refractivity contribution in [3.8, 4) is 0 Å². The topological polar surface area (TPSA) is 43.8 Å². The molecule has 0 aliphatic carbocycles. The Hall–Kier alpha value is -1.71. The van der Waals surface area contributed by atoms with E-state index < -0.39 is 23.5 Å². The number of rotatable bonds is 2. The maximum atomic E-state index is 13.8. The first-order valence-electron chi connectivity index (χ1n) is 6.53. The number of benzene rings is 1. The quantitative estimate of drug-likeness (QED) is 0.569. The molecule has 1 aromatic heterocycles. The predicted octanol–water partition coefficient (Wildman–Crippen LogP) is 4.71. The Kier molecular flexibility index (Phi) is 4.41. The van der Waals surface area contributed by atoms with Crippen LogP contribution in [0.2, 0.25) is 0 Å². The molecule has 0 unspecified atom stereocenters. The van der Waals surface area contributed by atoms with E-state index in [1.165, 1.54) is 13.8 Å². The summed E-state index contributed by atoms with van der Waals surface area (Å²) in [4.78, 5) is 0. The van der Waals surface area contributed by atoms with E-state index in [1.54, 1.807) is 0 Å². The fraction of sp³-hybridized carbons (Fsp3) is 0.357. The van der Waals surface area contributed by atoms with Gasteiger partial charge in [-0.1, -0.05) is 12.1 Å². The Morgan fingerprint density at radius 3 is 1.79 bits per heavy atom. The molecule has 0 saturated heterocycles. The lowest BCUT2D eigenvalue weighted by molar-refractivity contribution is -0.316. The van der Waals surface area contributed by atoms with Crippen LogP contribution in [0.1, 0.15) is 16.7 Å². The standard InChI is InChI=1S/C14H12BrF6N3/c1-7-3-9(4-8(2)11(7)22)12(13(16,17)18,14(19,20)21)24-6-10(15)5-23-24/h3-6H,22H2,1-2H3. The van der Waals surface area contributed by atoms with Crippen molar-refractivity contribution in [2.45, 2.75) is 31.7 Å².